The molecule has 140 valence electrons. The normalized spacial score (nSPS) is 25.4. The molecule has 6 nitrogen and oxygen atoms in total. The van der Waals surface area contributed by atoms with Crippen LogP contribution in [-0.2, 0) is 4.74 Å². The number of nitrogens with zero attached hydrogens (tertiary/aromatic N) is 3. The van der Waals surface area contributed by atoms with Gasteiger partial charge in [-0.1, -0.05) is 0 Å². The van der Waals surface area contributed by atoms with Gasteiger partial charge in [0, 0.05) is 31.5 Å². The van der Waals surface area contributed by atoms with Crippen molar-refractivity contribution in [2.24, 2.45) is 5.41 Å². The number of aromatic nitrogens is 1. The number of amides is 1. The molecule has 0 bridgehead atoms. The highest BCUT2D eigenvalue weighted by molar-refractivity contribution is 7.13. The van der Waals surface area contributed by atoms with Gasteiger partial charge in [0.2, 0.25) is 0 Å². The van der Waals surface area contributed by atoms with E-state index in [-0.39, 0.29) is 23.5 Å². The van der Waals surface area contributed by atoms with Crippen molar-refractivity contribution in [3.05, 3.63) is 15.6 Å². The van der Waals surface area contributed by atoms with E-state index in [0.717, 1.165) is 35.0 Å². The molecule has 25 heavy (non-hydrogen) atoms. The summed E-state index contributed by atoms with van der Waals surface area (Å²) in [7, 11) is 4.06. The first kappa shape index (κ1) is 18.8. The Morgan fingerprint density at radius 2 is 2.08 bits per heavy atom. The van der Waals surface area contributed by atoms with Gasteiger partial charge in [-0.05, 0) is 40.8 Å². The number of carbonyl (C=O) groups excluding carboxylic acids is 1. The molecule has 0 aromatic carbocycles. The molecule has 2 heterocycles. The van der Waals surface area contributed by atoms with Crippen LogP contribution in [-0.4, -0.2) is 78.3 Å². The molecule has 1 aliphatic carbocycles. The maximum Gasteiger partial charge on any atom is 0.265 e. The molecule has 1 saturated heterocycles. The third kappa shape index (κ3) is 3.60. The molecule has 1 spiro atoms. The predicted molar refractivity (Wildman–Crippen MR) is 98.1 cm³/mol. The largest absolute Gasteiger partial charge is 0.392 e. The van der Waals surface area contributed by atoms with Crippen molar-refractivity contribution in [1.82, 2.24) is 14.8 Å². The lowest BCUT2D eigenvalue weighted by atomic mass is 9.58. The summed E-state index contributed by atoms with van der Waals surface area (Å²) in [5, 5.41) is 11.3. The molecule has 3 rings (SSSR count). The highest BCUT2D eigenvalue weighted by Crippen LogP contribution is 2.51. The standard InChI is InChI=1S/C18H29N3O3S/c1-12-16(25-13(2)19-12)17(23)21-7-5-18(6-8-21)14(22)11-15(18)24-10-9-20(3)4/h14-15,22H,5-11H2,1-4H3/t14-,15+/m0/s1. The Hall–Kier alpha value is -1.02. The van der Waals surface area contributed by atoms with E-state index in [0.29, 0.717) is 26.1 Å². The second-order valence-corrected chi connectivity index (χ2v) is 8.79. The summed E-state index contributed by atoms with van der Waals surface area (Å²) >= 11 is 1.47. The van der Waals surface area contributed by atoms with Gasteiger partial charge in [-0.15, -0.1) is 11.3 Å². The number of piperidine rings is 1. The third-order valence-corrected chi connectivity index (χ3v) is 6.74. The summed E-state index contributed by atoms with van der Waals surface area (Å²) < 4.78 is 6.04. The zero-order chi connectivity index (χ0) is 18.2. The second-order valence-electron chi connectivity index (χ2n) is 7.59. The van der Waals surface area contributed by atoms with Crippen molar-refractivity contribution >= 4 is 17.2 Å². The Kier molecular flexibility index (Phi) is 5.48. The van der Waals surface area contributed by atoms with Crippen molar-refractivity contribution in [3.8, 4) is 0 Å². The molecule has 0 radical (unpaired) electrons. The quantitative estimate of drug-likeness (QED) is 0.858. The number of rotatable bonds is 5. The number of likely N-dealkylation sites (N-methyl/N-ethyl adjacent to an activating group) is 1. The van der Waals surface area contributed by atoms with Gasteiger partial charge in [0.25, 0.3) is 5.91 Å². The van der Waals surface area contributed by atoms with Crippen LogP contribution < -0.4 is 0 Å². The van der Waals surface area contributed by atoms with Crippen molar-refractivity contribution in [3.63, 3.8) is 0 Å². The van der Waals surface area contributed by atoms with E-state index in [9.17, 15) is 9.90 Å². The van der Waals surface area contributed by atoms with Crippen LogP contribution in [0.25, 0.3) is 0 Å². The monoisotopic (exact) mass is 367 g/mol. The molecule has 1 N–H and O–H groups in total. The van der Waals surface area contributed by atoms with Gasteiger partial charge in [0.1, 0.15) is 4.88 Å². The summed E-state index contributed by atoms with van der Waals surface area (Å²) in [5.41, 5.74) is 0.656. The minimum atomic E-state index is -0.304. The maximum absolute atomic E-state index is 12.8. The molecule has 2 atom stereocenters. The molecule has 1 aliphatic heterocycles. The third-order valence-electron chi connectivity index (χ3n) is 5.68. The van der Waals surface area contributed by atoms with E-state index >= 15 is 0 Å². The lowest BCUT2D eigenvalue weighted by molar-refractivity contribution is -0.209. The SMILES string of the molecule is Cc1nc(C)c(C(=O)N2CCC3(CC2)[C@@H](O)C[C@H]3OCCN(C)C)s1. The van der Waals surface area contributed by atoms with Crippen LogP contribution in [0.1, 0.15) is 39.6 Å². The van der Waals surface area contributed by atoms with E-state index in [1.807, 2.05) is 32.8 Å². The molecule has 1 aromatic rings. The number of thiazole rings is 1. The van der Waals surface area contributed by atoms with E-state index in [1.165, 1.54) is 11.3 Å². The number of aryl methyl sites for hydroxylation is 2. The highest BCUT2D eigenvalue weighted by atomic mass is 32.1. The van der Waals surface area contributed by atoms with Crippen molar-refractivity contribution in [2.45, 2.75) is 45.3 Å². The molecule has 7 heteroatoms. The Morgan fingerprint density at radius 1 is 1.40 bits per heavy atom. The zero-order valence-electron chi connectivity index (χ0n) is 15.6. The van der Waals surface area contributed by atoms with E-state index in [4.69, 9.17) is 4.74 Å². The van der Waals surface area contributed by atoms with Gasteiger partial charge in [-0.25, -0.2) is 4.98 Å². The summed E-state index contributed by atoms with van der Waals surface area (Å²) in [6.07, 6.45) is 2.15. The lowest BCUT2D eigenvalue weighted by Gasteiger charge is -2.56. The van der Waals surface area contributed by atoms with Crippen molar-refractivity contribution < 1.29 is 14.6 Å². The predicted octanol–water partition coefficient (Wildman–Crippen LogP) is 1.69. The molecule has 2 aliphatic rings. The maximum atomic E-state index is 12.8. The van der Waals surface area contributed by atoms with Crippen molar-refractivity contribution in [2.75, 3.05) is 40.3 Å². The summed E-state index contributed by atoms with van der Waals surface area (Å²) in [6.45, 7) is 6.76. The molecular weight excluding hydrogens is 338 g/mol. The summed E-state index contributed by atoms with van der Waals surface area (Å²) in [6, 6.07) is 0. The number of hydrogen-bond donors (Lipinski definition) is 1. The highest BCUT2D eigenvalue weighted by Gasteiger charge is 2.56. The Morgan fingerprint density at radius 3 is 2.60 bits per heavy atom. The number of ether oxygens (including phenoxy) is 1. The van der Waals surface area contributed by atoms with Crippen LogP contribution in [0.2, 0.25) is 0 Å². The topological polar surface area (TPSA) is 65.9 Å². The van der Waals surface area contributed by atoms with Gasteiger partial charge >= 0.3 is 0 Å². The van der Waals surface area contributed by atoms with Crippen LogP contribution in [0.3, 0.4) is 0 Å². The fraction of sp³-hybridized carbons (Fsp3) is 0.778. The zero-order valence-corrected chi connectivity index (χ0v) is 16.4. The van der Waals surface area contributed by atoms with E-state index in [1.54, 1.807) is 0 Å². The van der Waals surface area contributed by atoms with Gasteiger partial charge in [-0.3, -0.25) is 4.79 Å². The number of aliphatic hydroxyl groups excluding tert-OH is 1. The average Bonchev–Trinajstić information content (AvgIpc) is 2.91. The van der Waals surface area contributed by atoms with Crippen molar-refractivity contribution in [1.29, 1.82) is 0 Å². The Labute approximate surface area is 153 Å². The molecule has 2 fully saturated rings. The number of hydrogen-bond acceptors (Lipinski definition) is 6. The second kappa shape index (κ2) is 7.31. The number of likely N-dealkylation sites (tertiary alicyclic amines) is 1. The number of carbonyl (C=O) groups is 1. The van der Waals surface area contributed by atoms with E-state index < -0.39 is 0 Å². The lowest BCUT2D eigenvalue weighted by Crippen LogP contribution is -2.63. The van der Waals surface area contributed by atoms with Gasteiger partial charge < -0.3 is 19.6 Å². The molecule has 1 aromatic heterocycles. The number of aliphatic hydroxyl groups is 1. The first-order valence-corrected chi connectivity index (χ1v) is 9.83. The van der Waals surface area contributed by atoms with Crippen LogP contribution in [0.5, 0.6) is 0 Å². The molecule has 0 unspecified atom stereocenters. The average molecular weight is 368 g/mol. The van der Waals surface area contributed by atoms with Crippen LogP contribution in [0.4, 0.5) is 0 Å². The van der Waals surface area contributed by atoms with Crippen LogP contribution in [0, 0.1) is 19.3 Å². The Balaban J connectivity index is 1.58. The smallest absolute Gasteiger partial charge is 0.265 e. The molecule has 1 amide bonds. The minimum Gasteiger partial charge on any atom is -0.392 e. The fourth-order valence-electron chi connectivity index (χ4n) is 3.99. The first-order valence-electron chi connectivity index (χ1n) is 9.01. The van der Waals surface area contributed by atoms with Crippen LogP contribution in [0.15, 0.2) is 0 Å². The van der Waals surface area contributed by atoms with Gasteiger partial charge in [0.05, 0.1) is 29.5 Å². The molecule has 1 saturated carbocycles. The van der Waals surface area contributed by atoms with Gasteiger partial charge in [-0.2, -0.15) is 0 Å². The summed E-state index contributed by atoms with van der Waals surface area (Å²) in [5.74, 6) is 0.0804. The van der Waals surface area contributed by atoms with Gasteiger partial charge in [0.15, 0.2) is 0 Å². The first-order chi connectivity index (χ1) is 11.8. The fourth-order valence-corrected chi connectivity index (χ4v) is 4.88. The summed E-state index contributed by atoms with van der Waals surface area (Å²) in [4.78, 5) is 21.9. The van der Waals surface area contributed by atoms with E-state index in [2.05, 4.69) is 9.88 Å². The minimum absolute atomic E-state index is 0.0804. The molecular formula is C18H29N3O3S. The van der Waals surface area contributed by atoms with Crippen LogP contribution >= 0.6 is 11.3 Å². The Bertz CT molecular complexity index is 623.